The van der Waals surface area contributed by atoms with Crippen molar-refractivity contribution in [3.63, 3.8) is 0 Å². The first-order valence-electron chi connectivity index (χ1n) is 8.61. The molecule has 0 saturated carbocycles. The molecule has 0 aliphatic heterocycles. The molecule has 134 valence electrons. The molecule has 0 N–H and O–H groups in total. The molecule has 2 aromatic heterocycles. The highest BCUT2D eigenvalue weighted by atomic mass is 32.2. The number of carbonyl (C=O) groups is 1. The maximum absolute atomic E-state index is 13.1. The third kappa shape index (κ3) is 3.21. The molecule has 2 heterocycles. The molecule has 7 heteroatoms. The Labute approximate surface area is 159 Å². The van der Waals surface area contributed by atoms with Gasteiger partial charge in [0.15, 0.2) is 0 Å². The molecule has 0 atom stereocenters. The van der Waals surface area contributed by atoms with Gasteiger partial charge < -0.3 is 4.90 Å². The van der Waals surface area contributed by atoms with Crippen molar-refractivity contribution >= 4 is 44.9 Å². The van der Waals surface area contributed by atoms with Crippen LogP contribution in [0.15, 0.2) is 35.6 Å². The largest absolute Gasteiger partial charge is 0.312 e. The topological polar surface area (TPSA) is 46.1 Å². The third-order valence-electron chi connectivity index (χ3n) is 4.55. The summed E-state index contributed by atoms with van der Waals surface area (Å²) in [5, 5.41) is 2.02. The predicted octanol–water partition coefficient (Wildman–Crippen LogP) is 4.46. The van der Waals surface area contributed by atoms with Crippen molar-refractivity contribution < 1.29 is 9.18 Å². The quantitative estimate of drug-likeness (QED) is 0.479. The van der Waals surface area contributed by atoms with Gasteiger partial charge in [0, 0.05) is 22.5 Å². The molecule has 0 bridgehead atoms. The van der Waals surface area contributed by atoms with E-state index in [1.54, 1.807) is 34.7 Å². The lowest BCUT2D eigenvalue weighted by Gasteiger charge is -2.20. The number of amides is 1. The van der Waals surface area contributed by atoms with Crippen molar-refractivity contribution in [2.45, 2.75) is 31.2 Å². The molecule has 4 rings (SSSR count). The number of thioether (sulfide) groups is 1. The van der Waals surface area contributed by atoms with Gasteiger partial charge in [-0.3, -0.25) is 4.79 Å². The number of rotatable bonds is 5. The highest BCUT2D eigenvalue weighted by Crippen LogP contribution is 2.40. The first-order chi connectivity index (χ1) is 12.7. The number of halogens is 1. The van der Waals surface area contributed by atoms with E-state index < -0.39 is 0 Å². The van der Waals surface area contributed by atoms with Crippen LogP contribution in [0.5, 0.6) is 0 Å². The number of hydrogen-bond donors (Lipinski definition) is 0. The van der Waals surface area contributed by atoms with Gasteiger partial charge >= 0.3 is 0 Å². The van der Waals surface area contributed by atoms with Crippen LogP contribution in [0.25, 0.3) is 10.2 Å². The highest BCUT2D eigenvalue weighted by molar-refractivity contribution is 8.00. The zero-order valence-corrected chi connectivity index (χ0v) is 16.0. The van der Waals surface area contributed by atoms with Crippen molar-refractivity contribution in [1.82, 2.24) is 9.97 Å². The number of aryl methyl sites for hydroxylation is 2. The highest BCUT2D eigenvalue weighted by Gasteiger charge is 2.22. The first-order valence-corrected chi connectivity index (χ1v) is 10.4. The number of carbonyl (C=O) groups excluding carboxylic acids is 1. The van der Waals surface area contributed by atoms with Crippen LogP contribution < -0.4 is 4.90 Å². The summed E-state index contributed by atoms with van der Waals surface area (Å²) in [4.78, 5) is 25.7. The van der Waals surface area contributed by atoms with E-state index in [1.807, 2.05) is 6.92 Å². The second-order valence-electron chi connectivity index (χ2n) is 6.12. The first kappa shape index (κ1) is 17.4. The van der Waals surface area contributed by atoms with Crippen LogP contribution >= 0.6 is 23.1 Å². The van der Waals surface area contributed by atoms with Crippen molar-refractivity contribution in [3.8, 4) is 0 Å². The van der Waals surface area contributed by atoms with Crippen LogP contribution in [0.4, 0.5) is 10.1 Å². The predicted molar refractivity (Wildman–Crippen MR) is 105 cm³/mol. The molecule has 1 aromatic carbocycles. The normalized spacial score (nSPS) is 13.2. The van der Waals surface area contributed by atoms with E-state index in [1.165, 1.54) is 40.8 Å². The summed E-state index contributed by atoms with van der Waals surface area (Å²) in [5.41, 5.74) is 2.08. The number of anilines is 1. The van der Waals surface area contributed by atoms with E-state index in [2.05, 4.69) is 9.97 Å². The van der Waals surface area contributed by atoms with Crippen molar-refractivity contribution in [2.24, 2.45) is 0 Å². The Bertz CT molecular complexity index is 955. The maximum atomic E-state index is 13.1. The molecule has 0 spiro atoms. The Kier molecular flexibility index (Phi) is 4.91. The Balaban J connectivity index is 1.54. The zero-order valence-electron chi connectivity index (χ0n) is 14.4. The number of benzene rings is 1. The van der Waals surface area contributed by atoms with Gasteiger partial charge in [0.25, 0.3) is 0 Å². The summed E-state index contributed by atoms with van der Waals surface area (Å²) in [6, 6.07) is 6.02. The summed E-state index contributed by atoms with van der Waals surface area (Å²) < 4.78 is 13.1. The van der Waals surface area contributed by atoms with Gasteiger partial charge in [-0.05, 0) is 56.0 Å². The smallest absolute Gasteiger partial charge is 0.237 e. The lowest BCUT2D eigenvalue weighted by Crippen LogP contribution is -2.32. The van der Waals surface area contributed by atoms with E-state index in [0.717, 1.165) is 28.1 Å². The molecule has 1 aliphatic rings. The molecular weight excluding hydrogens is 369 g/mol. The van der Waals surface area contributed by atoms with Crippen LogP contribution in [0.1, 0.15) is 23.8 Å². The fourth-order valence-electron chi connectivity index (χ4n) is 3.34. The van der Waals surface area contributed by atoms with Gasteiger partial charge in [-0.2, -0.15) is 0 Å². The van der Waals surface area contributed by atoms with Crippen molar-refractivity contribution in [2.75, 3.05) is 17.2 Å². The second-order valence-corrected chi connectivity index (χ2v) is 8.17. The van der Waals surface area contributed by atoms with Crippen LogP contribution in [0.3, 0.4) is 0 Å². The van der Waals surface area contributed by atoms with Gasteiger partial charge in [0.1, 0.15) is 22.0 Å². The minimum absolute atomic E-state index is 0.0113. The average molecular weight is 388 g/mol. The van der Waals surface area contributed by atoms with E-state index >= 15 is 0 Å². The molecular formula is C19H18FN3OS2. The summed E-state index contributed by atoms with van der Waals surface area (Å²) in [5.74, 6) is -0.0221. The number of hydrogen-bond acceptors (Lipinski definition) is 5. The average Bonchev–Trinajstić information content (AvgIpc) is 3.23. The van der Waals surface area contributed by atoms with Gasteiger partial charge in [0.05, 0.1) is 5.75 Å². The van der Waals surface area contributed by atoms with E-state index in [-0.39, 0.29) is 11.7 Å². The van der Waals surface area contributed by atoms with E-state index in [4.69, 9.17) is 0 Å². The number of aromatic nitrogens is 2. The summed E-state index contributed by atoms with van der Waals surface area (Å²) in [6.45, 7) is 2.46. The van der Waals surface area contributed by atoms with Gasteiger partial charge in [-0.25, -0.2) is 14.4 Å². The molecule has 0 fully saturated rings. The third-order valence-corrected chi connectivity index (χ3v) is 6.73. The fraction of sp³-hybridized carbons (Fsp3) is 0.316. The van der Waals surface area contributed by atoms with E-state index in [9.17, 15) is 9.18 Å². The minimum atomic E-state index is -0.304. The minimum Gasteiger partial charge on any atom is -0.312 e. The SMILES string of the molecule is CCN(C(=O)CSc1ncnc2sc3c(c12)CCC3)c1ccc(F)cc1. The maximum Gasteiger partial charge on any atom is 0.237 e. The van der Waals surface area contributed by atoms with Crippen LogP contribution in [0.2, 0.25) is 0 Å². The van der Waals surface area contributed by atoms with Crippen LogP contribution in [-0.4, -0.2) is 28.2 Å². The lowest BCUT2D eigenvalue weighted by molar-refractivity contribution is -0.116. The molecule has 4 nitrogen and oxygen atoms in total. The lowest BCUT2D eigenvalue weighted by atomic mass is 10.2. The number of fused-ring (bicyclic) bond motifs is 3. The van der Waals surface area contributed by atoms with Crippen LogP contribution in [0, 0.1) is 5.82 Å². The summed E-state index contributed by atoms with van der Waals surface area (Å²) >= 11 is 3.21. The van der Waals surface area contributed by atoms with Crippen molar-refractivity contribution in [1.29, 1.82) is 0 Å². The monoisotopic (exact) mass is 387 g/mol. The zero-order chi connectivity index (χ0) is 18.1. The Morgan fingerprint density at radius 1 is 1.27 bits per heavy atom. The Morgan fingerprint density at radius 3 is 2.85 bits per heavy atom. The molecule has 26 heavy (non-hydrogen) atoms. The molecule has 1 aliphatic carbocycles. The molecule has 0 radical (unpaired) electrons. The Hall–Kier alpha value is -1.99. The Morgan fingerprint density at radius 2 is 2.08 bits per heavy atom. The molecule has 1 amide bonds. The fourth-order valence-corrected chi connectivity index (χ4v) is 5.54. The van der Waals surface area contributed by atoms with Gasteiger partial charge in [-0.1, -0.05) is 11.8 Å². The summed E-state index contributed by atoms with van der Waals surface area (Å²) in [6.07, 6.45) is 4.95. The van der Waals surface area contributed by atoms with Crippen molar-refractivity contribution in [3.05, 3.63) is 46.9 Å². The molecule has 0 unspecified atom stereocenters. The summed E-state index contributed by atoms with van der Waals surface area (Å²) in [7, 11) is 0. The molecule has 3 aromatic rings. The number of nitrogens with zero attached hydrogens (tertiary/aromatic N) is 3. The standard InChI is InChI=1S/C19H18FN3OS2/c1-2-23(13-8-6-12(20)7-9-13)16(24)10-25-18-17-14-4-3-5-15(14)26-19(17)22-11-21-18/h6-9,11H,2-5,10H2,1H3. The number of thiophene rings is 1. The van der Waals surface area contributed by atoms with E-state index in [0.29, 0.717) is 18.0 Å². The van der Waals surface area contributed by atoms with Gasteiger partial charge in [0.2, 0.25) is 5.91 Å². The van der Waals surface area contributed by atoms with Crippen LogP contribution in [-0.2, 0) is 17.6 Å². The molecule has 0 saturated heterocycles. The second kappa shape index (κ2) is 7.32. The van der Waals surface area contributed by atoms with Gasteiger partial charge in [-0.15, -0.1) is 11.3 Å².